The van der Waals surface area contributed by atoms with Crippen LogP contribution in [0.4, 0.5) is 5.69 Å². The average Bonchev–Trinajstić information content (AvgIpc) is 2.41. The minimum Gasteiger partial charge on any atom is -0.376 e. The fourth-order valence-corrected chi connectivity index (χ4v) is 3.05. The Labute approximate surface area is 137 Å². The van der Waals surface area contributed by atoms with Gasteiger partial charge < -0.3 is 11.1 Å². The second-order valence-electron chi connectivity index (χ2n) is 4.55. The molecule has 2 nitrogen and oxygen atoms in total. The van der Waals surface area contributed by atoms with Crippen molar-refractivity contribution in [3.63, 3.8) is 0 Å². The van der Waals surface area contributed by atoms with Gasteiger partial charge in [0.15, 0.2) is 0 Å². The quantitative estimate of drug-likeness (QED) is 0.775. The first kappa shape index (κ1) is 15.6. The molecular weight excluding hydrogens is 359 g/mol. The lowest BCUT2D eigenvalue weighted by atomic mass is 10.1. The topological polar surface area (TPSA) is 38.0 Å². The third kappa shape index (κ3) is 3.47. The van der Waals surface area contributed by atoms with E-state index in [-0.39, 0.29) is 6.04 Å². The van der Waals surface area contributed by atoms with E-state index < -0.39 is 0 Å². The van der Waals surface area contributed by atoms with Crippen LogP contribution in [0.25, 0.3) is 0 Å². The molecule has 0 radical (unpaired) electrons. The van der Waals surface area contributed by atoms with Crippen molar-refractivity contribution in [2.24, 2.45) is 5.73 Å². The maximum atomic E-state index is 6.25. The minimum absolute atomic E-state index is 0.144. The molecule has 0 aliphatic heterocycles. The van der Waals surface area contributed by atoms with Gasteiger partial charge >= 0.3 is 0 Å². The third-order valence-electron chi connectivity index (χ3n) is 3.04. The molecule has 106 valence electrons. The molecule has 0 aromatic heterocycles. The Morgan fingerprint density at radius 2 is 1.85 bits per heavy atom. The molecule has 20 heavy (non-hydrogen) atoms. The summed E-state index contributed by atoms with van der Waals surface area (Å²) >= 11 is 16.0. The summed E-state index contributed by atoms with van der Waals surface area (Å²) in [5, 5.41) is 4.63. The number of hydrogen-bond donors (Lipinski definition) is 2. The van der Waals surface area contributed by atoms with Gasteiger partial charge in [-0.25, -0.2) is 0 Å². The molecule has 0 amide bonds. The van der Waals surface area contributed by atoms with Gasteiger partial charge in [0.25, 0.3) is 0 Å². The second-order valence-corrected chi connectivity index (χ2v) is 6.22. The fraction of sp³-hybridized carbons (Fsp3) is 0.200. The van der Waals surface area contributed by atoms with Crippen LogP contribution in [0.3, 0.4) is 0 Å². The molecule has 2 rings (SSSR count). The van der Waals surface area contributed by atoms with Crippen LogP contribution in [0.15, 0.2) is 40.9 Å². The summed E-state index contributed by atoms with van der Waals surface area (Å²) in [5.41, 5.74) is 8.84. The van der Waals surface area contributed by atoms with Crippen molar-refractivity contribution in [2.45, 2.75) is 13.0 Å². The van der Waals surface area contributed by atoms with Crippen molar-refractivity contribution in [2.75, 3.05) is 11.9 Å². The van der Waals surface area contributed by atoms with Crippen molar-refractivity contribution < 1.29 is 0 Å². The van der Waals surface area contributed by atoms with E-state index in [0.29, 0.717) is 16.6 Å². The van der Waals surface area contributed by atoms with Gasteiger partial charge in [-0.1, -0.05) is 35.3 Å². The van der Waals surface area contributed by atoms with Crippen molar-refractivity contribution in [1.29, 1.82) is 0 Å². The summed E-state index contributed by atoms with van der Waals surface area (Å²) in [6.45, 7) is 2.43. The monoisotopic (exact) mass is 372 g/mol. The Kier molecular flexibility index (Phi) is 5.33. The van der Waals surface area contributed by atoms with Crippen molar-refractivity contribution in [1.82, 2.24) is 0 Å². The highest BCUT2D eigenvalue weighted by Gasteiger charge is 2.17. The van der Waals surface area contributed by atoms with Gasteiger partial charge in [0, 0.05) is 32.3 Å². The molecule has 0 fully saturated rings. The predicted octanol–water partition coefficient (Wildman–Crippen LogP) is 5.18. The van der Waals surface area contributed by atoms with Crippen LogP contribution in [0.5, 0.6) is 0 Å². The fourth-order valence-electron chi connectivity index (χ4n) is 2.03. The summed E-state index contributed by atoms with van der Waals surface area (Å²) in [6.07, 6.45) is 0. The number of rotatable bonds is 4. The molecule has 0 aliphatic carbocycles. The number of nitrogens with one attached hydrogen (secondary N) is 1. The molecule has 1 unspecified atom stereocenters. The normalized spacial score (nSPS) is 12.2. The smallest absolute Gasteiger partial charge is 0.0665 e. The van der Waals surface area contributed by atoms with E-state index in [1.807, 2.05) is 37.3 Å². The minimum atomic E-state index is -0.144. The molecule has 2 aromatic rings. The largest absolute Gasteiger partial charge is 0.376 e. The van der Waals surface area contributed by atoms with Gasteiger partial charge in [0.1, 0.15) is 0 Å². The maximum Gasteiger partial charge on any atom is 0.0665 e. The van der Waals surface area contributed by atoms with Crippen molar-refractivity contribution in [3.8, 4) is 0 Å². The Balaban J connectivity index is 2.36. The van der Waals surface area contributed by atoms with E-state index >= 15 is 0 Å². The van der Waals surface area contributed by atoms with Crippen molar-refractivity contribution in [3.05, 3.63) is 62.0 Å². The maximum absolute atomic E-state index is 6.25. The standard InChI is InChI=1S/C15H15BrCl2N2/c1-9-5-6-10(16)13(7-9)20-14(8-19)15-11(17)3-2-4-12(15)18/h2-7,14,20H,8,19H2,1H3. The summed E-state index contributed by atoms with van der Waals surface area (Å²) in [4.78, 5) is 0. The lowest BCUT2D eigenvalue weighted by Gasteiger charge is -2.22. The highest BCUT2D eigenvalue weighted by Crippen LogP contribution is 2.34. The summed E-state index contributed by atoms with van der Waals surface area (Å²) in [5.74, 6) is 0. The molecule has 1 atom stereocenters. The summed E-state index contributed by atoms with van der Waals surface area (Å²) < 4.78 is 0.977. The molecule has 3 N–H and O–H groups in total. The first-order valence-corrected chi connectivity index (χ1v) is 7.74. The van der Waals surface area contributed by atoms with E-state index in [1.54, 1.807) is 0 Å². The zero-order valence-corrected chi connectivity index (χ0v) is 14.1. The van der Waals surface area contributed by atoms with Crippen LogP contribution >= 0.6 is 39.1 Å². The number of aryl methyl sites for hydroxylation is 1. The molecule has 0 saturated heterocycles. The molecule has 0 spiro atoms. The van der Waals surface area contributed by atoms with Gasteiger partial charge in [0.05, 0.1) is 6.04 Å². The van der Waals surface area contributed by atoms with E-state index in [2.05, 4.69) is 27.3 Å². The molecule has 5 heteroatoms. The van der Waals surface area contributed by atoms with E-state index in [1.165, 1.54) is 0 Å². The summed E-state index contributed by atoms with van der Waals surface area (Å²) in [6, 6.07) is 11.4. The Morgan fingerprint density at radius 1 is 1.20 bits per heavy atom. The molecule has 2 aromatic carbocycles. The predicted molar refractivity (Wildman–Crippen MR) is 90.8 cm³/mol. The SMILES string of the molecule is Cc1ccc(Br)c(NC(CN)c2c(Cl)cccc2Cl)c1. The Bertz CT molecular complexity index is 597. The van der Waals surface area contributed by atoms with Gasteiger partial charge in [-0.3, -0.25) is 0 Å². The van der Waals surface area contributed by atoms with Gasteiger partial charge in [-0.2, -0.15) is 0 Å². The van der Waals surface area contributed by atoms with Crippen LogP contribution in [0.1, 0.15) is 17.2 Å². The van der Waals surface area contributed by atoms with E-state index in [4.69, 9.17) is 28.9 Å². The van der Waals surface area contributed by atoms with Crippen LogP contribution in [0, 0.1) is 6.92 Å². The zero-order valence-electron chi connectivity index (χ0n) is 11.0. The van der Waals surface area contributed by atoms with Gasteiger partial charge in [-0.15, -0.1) is 0 Å². The lowest BCUT2D eigenvalue weighted by molar-refractivity contribution is 0.789. The lowest BCUT2D eigenvalue weighted by Crippen LogP contribution is -2.21. The number of benzene rings is 2. The second kappa shape index (κ2) is 6.81. The number of hydrogen-bond acceptors (Lipinski definition) is 2. The van der Waals surface area contributed by atoms with Crippen molar-refractivity contribution >= 4 is 44.8 Å². The average molecular weight is 374 g/mol. The molecular formula is C15H15BrCl2N2. The summed E-state index contributed by atoms with van der Waals surface area (Å²) in [7, 11) is 0. The number of anilines is 1. The first-order chi connectivity index (χ1) is 9.52. The van der Waals surface area contributed by atoms with Crippen LogP contribution in [-0.4, -0.2) is 6.54 Å². The highest BCUT2D eigenvalue weighted by atomic mass is 79.9. The zero-order chi connectivity index (χ0) is 14.7. The number of nitrogens with two attached hydrogens (primary N) is 1. The Hall–Kier alpha value is -0.740. The van der Waals surface area contributed by atoms with Crippen LogP contribution in [0.2, 0.25) is 10.0 Å². The van der Waals surface area contributed by atoms with Crippen LogP contribution in [-0.2, 0) is 0 Å². The molecule has 0 bridgehead atoms. The molecule has 0 heterocycles. The van der Waals surface area contributed by atoms with E-state index in [9.17, 15) is 0 Å². The first-order valence-electron chi connectivity index (χ1n) is 6.19. The number of halogens is 3. The molecule has 0 aliphatic rings. The van der Waals surface area contributed by atoms with E-state index in [0.717, 1.165) is 21.3 Å². The highest BCUT2D eigenvalue weighted by molar-refractivity contribution is 9.10. The van der Waals surface area contributed by atoms with Gasteiger partial charge in [0.2, 0.25) is 0 Å². The van der Waals surface area contributed by atoms with Gasteiger partial charge in [-0.05, 0) is 52.7 Å². The Morgan fingerprint density at radius 3 is 2.45 bits per heavy atom. The van der Waals surface area contributed by atoms with Crippen LogP contribution < -0.4 is 11.1 Å². The molecule has 0 saturated carbocycles. The third-order valence-corrected chi connectivity index (χ3v) is 4.39.